The van der Waals surface area contributed by atoms with Crippen LogP contribution in [0.1, 0.15) is 24.2 Å². The number of nitrogens with one attached hydrogen (secondary N) is 1. The first kappa shape index (κ1) is 23.8. The fourth-order valence-electron chi connectivity index (χ4n) is 3.28. The van der Waals surface area contributed by atoms with E-state index in [-0.39, 0.29) is 32.6 Å². The second-order valence-corrected chi connectivity index (χ2v) is 10.1. The highest BCUT2D eigenvalue weighted by Crippen LogP contribution is 2.34. The number of carbonyl (C=O) groups is 2. The second-order valence-electron chi connectivity index (χ2n) is 7.32. The molecule has 0 fully saturated rings. The third-order valence-corrected chi connectivity index (χ3v) is 6.71. The fourth-order valence-corrected chi connectivity index (χ4v) is 5.44. The fraction of sp³-hybridized carbons (Fsp3) is 0.182. The Morgan fingerprint density at radius 1 is 1.00 bits per heavy atom. The number of hydrogen-bond acceptors (Lipinski definition) is 4. The maximum Gasteiger partial charge on any atom is 0.324 e. The van der Waals surface area contributed by atoms with Gasteiger partial charge in [0.15, 0.2) is 0 Å². The van der Waals surface area contributed by atoms with Crippen molar-refractivity contribution < 1.29 is 23.1 Å². The van der Waals surface area contributed by atoms with E-state index in [0.29, 0.717) is 16.3 Å². The van der Waals surface area contributed by atoms with Crippen LogP contribution in [-0.2, 0) is 14.8 Å². The van der Waals surface area contributed by atoms with E-state index in [4.69, 9.17) is 23.2 Å². The number of carboxylic acids is 1. The number of fused-ring (bicyclic) bond motifs is 1. The zero-order chi connectivity index (χ0) is 23.6. The summed E-state index contributed by atoms with van der Waals surface area (Å²) in [7, 11) is -4.35. The smallest absolute Gasteiger partial charge is 0.324 e. The van der Waals surface area contributed by atoms with E-state index >= 15 is 0 Å². The van der Waals surface area contributed by atoms with Crippen molar-refractivity contribution >= 4 is 61.6 Å². The van der Waals surface area contributed by atoms with Gasteiger partial charge in [-0.25, -0.2) is 8.42 Å². The second kappa shape index (κ2) is 9.36. The van der Waals surface area contributed by atoms with E-state index in [1.54, 1.807) is 30.3 Å². The molecule has 2 N–H and O–H groups in total. The number of halogens is 2. The lowest BCUT2D eigenvalue weighted by molar-refractivity contribution is -0.135. The predicted molar refractivity (Wildman–Crippen MR) is 125 cm³/mol. The van der Waals surface area contributed by atoms with Gasteiger partial charge in [0.2, 0.25) is 0 Å². The Balaban J connectivity index is 2.24. The van der Waals surface area contributed by atoms with Crippen LogP contribution in [0.15, 0.2) is 59.5 Å². The first-order valence-corrected chi connectivity index (χ1v) is 11.7. The number of sulfonamides is 1. The van der Waals surface area contributed by atoms with E-state index in [1.165, 1.54) is 24.3 Å². The van der Waals surface area contributed by atoms with E-state index in [2.05, 4.69) is 5.32 Å². The van der Waals surface area contributed by atoms with Gasteiger partial charge >= 0.3 is 5.97 Å². The topological polar surface area (TPSA) is 104 Å². The number of rotatable bonds is 7. The summed E-state index contributed by atoms with van der Waals surface area (Å²) < 4.78 is 27.7. The van der Waals surface area contributed by atoms with E-state index in [0.717, 1.165) is 4.31 Å². The SMILES string of the molecule is CC(C)NC(=O)c1cccc2c(N(CC(=O)O)S(=O)(=O)c3cc(Cl)cc(Cl)c3)cccc12. The van der Waals surface area contributed by atoms with Crippen molar-refractivity contribution in [3.05, 3.63) is 70.2 Å². The van der Waals surface area contributed by atoms with E-state index in [1.807, 2.05) is 13.8 Å². The standard InChI is InChI=1S/C22H20Cl2N2O5S/c1-13(2)25-22(29)19-7-3-6-18-17(19)5-4-8-20(18)26(12-21(27)28)32(30,31)16-10-14(23)9-15(24)11-16/h3-11,13H,12H2,1-2H3,(H,25,29)(H,27,28). The normalized spacial score (nSPS) is 11.5. The lowest BCUT2D eigenvalue weighted by Crippen LogP contribution is -2.36. The molecule has 0 radical (unpaired) electrons. The van der Waals surface area contributed by atoms with Crippen molar-refractivity contribution in [3.8, 4) is 0 Å². The first-order valence-electron chi connectivity index (χ1n) is 9.54. The van der Waals surface area contributed by atoms with Crippen LogP contribution in [-0.4, -0.2) is 38.0 Å². The third-order valence-electron chi connectivity index (χ3n) is 4.54. The Morgan fingerprint density at radius 3 is 2.19 bits per heavy atom. The Labute approximate surface area is 195 Å². The molecule has 10 heteroatoms. The van der Waals surface area contributed by atoms with Gasteiger partial charge in [-0.05, 0) is 49.6 Å². The van der Waals surface area contributed by atoms with Crippen LogP contribution >= 0.6 is 23.2 Å². The van der Waals surface area contributed by atoms with Crippen LogP contribution in [0.3, 0.4) is 0 Å². The highest BCUT2D eigenvalue weighted by atomic mass is 35.5. The molecular formula is C22H20Cl2N2O5S. The van der Waals surface area contributed by atoms with Gasteiger partial charge in [-0.15, -0.1) is 0 Å². The molecule has 0 aliphatic carbocycles. The summed E-state index contributed by atoms with van der Waals surface area (Å²) >= 11 is 12.0. The summed E-state index contributed by atoms with van der Waals surface area (Å²) in [4.78, 5) is 24.0. The largest absolute Gasteiger partial charge is 0.480 e. The summed E-state index contributed by atoms with van der Waals surface area (Å²) in [6, 6.07) is 13.3. The van der Waals surface area contributed by atoms with Crippen LogP contribution in [0.2, 0.25) is 10.0 Å². The van der Waals surface area contributed by atoms with Gasteiger partial charge < -0.3 is 10.4 Å². The summed E-state index contributed by atoms with van der Waals surface area (Å²) in [5.74, 6) is -1.68. The molecule has 0 aromatic heterocycles. The lowest BCUT2D eigenvalue weighted by atomic mass is 10.0. The number of benzene rings is 3. The Morgan fingerprint density at radius 2 is 1.59 bits per heavy atom. The highest BCUT2D eigenvalue weighted by Gasteiger charge is 2.29. The van der Waals surface area contributed by atoms with Crippen LogP contribution in [0.5, 0.6) is 0 Å². The lowest BCUT2D eigenvalue weighted by Gasteiger charge is -2.25. The number of aliphatic carboxylic acids is 1. The molecule has 1 amide bonds. The van der Waals surface area contributed by atoms with Crippen molar-refractivity contribution in [3.63, 3.8) is 0 Å². The number of nitrogens with zero attached hydrogens (tertiary/aromatic N) is 1. The summed E-state index contributed by atoms with van der Waals surface area (Å²) in [5.41, 5.74) is 0.455. The quantitative estimate of drug-likeness (QED) is 0.500. The molecule has 0 spiro atoms. The average Bonchev–Trinajstić information content (AvgIpc) is 2.69. The molecule has 0 aliphatic heterocycles. The minimum Gasteiger partial charge on any atom is -0.480 e. The number of carboxylic acid groups (broad SMARTS) is 1. The van der Waals surface area contributed by atoms with Crippen LogP contribution in [0.25, 0.3) is 10.8 Å². The predicted octanol–water partition coefficient (Wildman–Crippen LogP) is 4.56. The van der Waals surface area contributed by atoms with E-state index in [9.17, 15) is 23.1 Å². The maximum atomic E-state index is 13.4. The maximum absolute atomic E-state index is 13.4. The van der Waals surface area contributed by atoms with Gasteiger partial charge in [0.25, 0.3) is 15.9 Å². The molecule has 7 nitrogen and oxygen atoms in total. The molecule has 3 aromatic rings. The molecule has 32 heavy (non-hydrogen) atoms. The van der Waals surface area contributed by atoms with Crippen molar-refractivity contribution in [2.45, 2.75) is 24.8 Å². The molecule has 3 aromatic carbocycles. The van der Waals surface area contributed by atoms with Gasteiger partial charge in [-0.3, -0.25) is 13.9 Å². The third kappa shape index (κ3) is 4.98. The zero-order valence-electron chi connectivity index (χ0n) is 17.2. The van der Waals surface area contributed by atoms with Gasteiger partial charge in [0.1, 0.15) is 6.54 Å². The molecule has 0 unspecified atom stereocenters. The number of anilines is 1. The van der Waals surface area contributed by atoms with Crippen LogP contribution in [0.4, 0.5) is 5.69 Å². The Bertz CT molecular complexity index is 1290. The highest BCUT2D eigenvalue weighted by molar-refractivity contribution is 7.92. The molecule has 168 valence electrons. The molecule has 0 saturated heterocycles. The average molecular weight is 495 g/mol. The van der Waals surface area contributed by atoms with Crippen LogP contribution < -0.4 is 9.62 Å². The number of amides is 1. The van der Waals surface area contributed by atoms with E-state index < -0.39 is 22.5 Å². The molecule has 3 rings (SSSR count). The van der Waals surface area contributed by atoms with Crippen LogP contribution in [0, 0.1) is 0 Å². The molecular weight excluding hydrogens is 475 g/mol. The Hall–Kier alpha value is -2.81. The molecule has 0 saturated carbocycles. The summed E-state index contributed by atoms with van der Waals surface area (Å²) in [6.07, 6.45) is 0. The minimum atomic E-state index is -4.35. The molecule has 0 aliphatic rings. The van der Waals surface area contributed by atoms with Crippen molar-refractivity contribution in [1.82, 2.24) is 5.32 Å². The van der Waals surface area contributed by atoms with Gasteiger partial charge in [-0.1, -0.05) is 47.5 Å². The van der Waals surface area contributed by atoms with Crippen molar-refractivity contribution in [2.75, 3.05) is 10.8 Å². The van der Waals surface area contributed by atoms with Crippen molar-refractivity contribution in [1.29, 1.82) is 0 Å². The van der Waals surface area contributed by atoms with Gasteiger partial charge in [0.05, 0.1) is 10.6 Å². The van der Waals surface area contributed by atoms with Crippen molar-refractivity contribution in [2.24, 2.45) is 0 Å². The molecule has 0 bridgehead atoms. The van der Waals surface area contributed by atoms with Gasteiger partial charge in [0, 0.05) is 27.0 Å². The number of carbonyl (C=O) groups excluding carboxylic acids is 1. The molecule has 0 heterocycles. The summed E-state index contributed by atoms with van der Waals surface area (Å²) in [6.45, 7) is 2.81. The Kier molecular flexibility index (Phi) is 6.97. The number of hydrogen-bond donors (Lipinski definition) is 2. The monoisotopic (exact) mass is 494 g/mol. The first-order chi connectivity index (χ1) is 15.0. The summed E-state index contributed by atoms with van der Waals surface area (Å²) in [5, 5.41) is 13.3. The molecule has 0 atom stereocenters. The minimum absolute atomic E-state index is 0.0944. The van der Waals surface area contributed by atoms with Gasteiger partial charge in [-0.2, -0.15) is 0 Å². The zero-order valence-corrected chi connectivity index (χ0v) is 19.5.